The number of nitrogens with one attached hydrogen (secondary N) is 1. The number of carbonyl (C=O) groups excluding carboxylic acids is 1. The number of carbonyl (C=O) groups is 1. The lowest BCUT2D eigenvalue weighted by molar-refractivity contribution is -0.117. The number of aromatic nitrogens is 4. The van der Waals surface area contributed by atoms with Crippen LogP contribution in [0.4, 0.5) is 11.5 Å². The van der Waals surface area contributed by atoms with Crippen LogP contribution in [0.2, 0.25) is 0 Å². The van der Waals surface area contributed by atoms with Gasteiger partial charge in [-0.1, -0.05) is 18.2 Å². The molecule has 1 saturated carbocycles. The van der Waals surface area contributed by atoms with E-state index in [-0.39, 0.29) is 5.91 Å². The first kappa shape index (κ1) is 17.1. The summed E-state index contributed by atoms with van der Waals surface area (Å²) >= 11 is 0. The van der Waals surface area contributed by atoms with Gasteiger partial charge in [0.2, 0.25) is 5.91 Å². The monoisotopic (exact) mass is 377 g/mol. The third kappa shape index (κ3) is 3.55. The van der Waals surface area contributed by atoms with Gasteiger partial charge in [-0.3, -0.25) is 9.69 Å². The molecule has 1 aliphatic carbocycles. The summed E-state index contributed by atoms with van der Waals surface area (Å²) in [7, 11) is 0. The van der Waals surface area contributed by atoms with Crippen molar-refractivity contribution < 1.29 is 4.79 Å². The van der Waals surface area contributed by atoms with Crippen molar-refractivity contribution in [1.82, 2.24) is 24.7 Å². The molecule has 1 aliphatic heterocycles. The van der Waals surface area contributed by atoms with E-state index in [1.165, 1.54) is 12.8 Å². The second kappa shape index (κ2) is 7.20. The van der Waals surface area contributed by atoms with Crippen LogP contribution in [-0.2, 0) is 4.79 Å². The molecule has 3 heterocycles. The zero-order valence-electron chi connectivity index (χ0n) is 15.7. The molecule has 5 rings (SSSR count). The number of nitrogens with zero attached hydrogens (tertiary/aromatic N) is 6. The van der Waals surface area contributed by atoms with E-state index in [9.17, 15) is 4.79 Å². The molecule has 3 aromatic rings. The van der Waals surface area contributed by atoms with Crippen LogP contribution in [0.15, 0.2) is 42.5 Å². The maximum absolute atomic E-state index is 12.3. The molecular weight excluding hydrogens is 354 g/mol. The molecule has 0 radical (unpaired) electrons. The second-order valence-corrected chi connectivity index (χ2v) is 7.47. The van der Waals surface area contributed by atoms with Crippen molar-refractivity contribution in [2.75, 3.05) is 42.9 Å². The molecular formula is C20H23N7O. The van der Waals surface area contributed by atoms with Gasteiger partial charge >= 0.3 is 0 Å². The number of para-hydroxylation sites is 1. The van der Waals surface area contributed by atoms with Gasteiger partial charge in [0.15, 0.2) is 11.5 Å². The minimum Gasteiger partial charge on any atom is -0.353 e. The Labute approximate surface area is 163 Å². The average Bonchev–Trinajstić information content (AvgIpc) is 3.48. The maximum Gasteiger partial charge on any atom is 0.238 e. The summed E-state index contributed by atoms with van der Waals surface area (Å²) < 4.78 is 1.90. The van der Waals surface area contributed by atoms with Gasteiger partial charge in [0.05, 0.1) is 6.54 Å². The summed E-state index contributed by atoms with van der Waals surface area (Å²) in [4.78, 5) is 16.7. The molecule has 1 N–H and O–H groups in total. The summed E-state index contributed by atoms with van der Waals surface area (Å²) in [6.07, 6.45) is 2.35. The Morgan fingerprint density at radius 3 is 2.54 bits per heavy atom. The van der Waals surface area contributed by atoms with E-state index in [0.717, 1.165) is 49.2 Å². The summed E-state index contributed by atoms with van der Waals surface area (Å²) in [6.45, 7) is 3.77. The Kier molecular flexibility index (Phi) is 4.40. The number of rotatable bonds is 5. The molecule has 2 fully saturated rings. The molecule has 2 aromatic heterocycles. The van der Waals surface area contributed by atoms with E-state index in [2.05, 4.69) is 25.3 Å². The lowest BCUT2D eigenvalue weighted by atomic mass is 10.3. The molecule has 1 amide bonds. The van der Waals surface area contributed by atoms with Gasteiger partial charge in [0, 0.05) is 37.8 Å². The van der Waals surface area contributed by atoms with Crippen LogP contribution < -0.4 is 10.2 Å². The van der Waals surface area contributed by atoms with Gasteiger partial charge in [0.1, 0.15) is 5.82 Å². The molecule has 8 heteroatoms. The molecule has 0 unspecified atom stereocenters. The Balaban J connectivity index is 1.19. The molecule has 0 spiro atoms. The smallest absolute Gasteiger partial charge is 0.238 e. The van der Waals surface area contributed by atoms with Crippen LogP contribution in [-0.4, -0.2) is 63.3 Å². The second-order valence-electron chi connectivity index (χ2n) is 7.47. The first-order valence-corrected chi connectivity index (χ1v) is 9.81. The maximum atomic E-state index is 12.3. The van der Waals surface area contributed by atoms with Gasteiger partial charge < -0.3 is 10.2 Å². The number of piperazine rings is 1. The fraction of sp³-hybridized carbons (Fsp3) is 0.400. The fourth-order valence-electron chi connectivity index (χ4n) is 3.62. The van der Waals surface area contributed by atoms with E-state index in [0.29, 0.717) is 12.5 Å². The molecule has 1 aromatic carbocycles. The standard InChI is InChI=1S/C20H23N7O/c28-19(21-16-4-2-1-3-5-16)14-25-10-12-26(13-11-25)18-9-8-17-22-23-20(15-6-7-15)27(17)24-18/h1-5,8-9,15H,6-7,10-14H2,(H,21,28). The predicted molar refractivity (Wildman–Crippen MR) is 106 cm³/mol. The lowest BCUT2D eigenvalue weighted by Crippen LogP contribution is -2.49. The summed E-state index contributed by atoms with van der Waals surface area (Å²) in [5.74, 6) is 2.46. The van der Waals surface area contributed by atoms with E-state index in [4.69, 9.17) is 5.10 Å². The van der Waals surface area contributed by atoms with Crippen LogP contribution in [0.5, 0.6) is 0 Å². The van der Waals surface area contributed by atoms with Crippen molar-refractivity contribution in [2.24, 2.45) is 0 Å². The fourth-order valence-corrected chi connectivity index (χ4v) is 3.62. The first-order valence-electron chi connectivity index (χ1n) is 9.81. The first-order chi connectivity index (χ1) is 13.8. The minimum absolute atomic E-state index is 0.0257. The van der Waals surface area contributed by atoms with Crippen LogP contribution in [0.1, 0.15) is 24.6 Å². The van der Waals surface area contributed by atoms with Crippen molar-refractivity contribution in [3.63, 3.8) is 0 Å². The third-order valence-corrected chi connectivity index (χ3v) is 5.34. The Morgan fingerprint density at radius 2 is 1.79 bits per heavy atom. The highest BCUT2D eigenvalue weighted by molar-refractivity contribution is 5.92. The zero-order chi connectivity index (χ0) is 18.9. The number of hydrogen-bond acceptors (Lipinski definition) is 6. The van der Waals surface area contributed by atoms with Gasteiger partial charge in [-0.05, 0) is 37.1 Å². The SMILES string of the molecule is O=C(CN1CCN(c2ccc3nnc(C4CC4)n3n2)CC1)Nc1ccccc1. The summed E-state index contributed by atoms with van der Waals surface area (Å²) in [6, 6.07) is 13.6. The molecule has 0 atom stereocenters. The van der Waals surface area contributed by atoms with Crippen molar-refractivity contribution >= 4 is 23.1 Å². The summed E-state index contributed by atoms with van der Waals surface area (Å²) in [5, 5.41) is 16.3. The Morgan fingerprint density at radius 1 is 1.00 bits per heavy atom. The molecule has 8 nitrogen and oxygen atoms in total. The van der Waals surface area contributed by atoms with Crippen LogP contribution >= 0.6 is 0 Å². The predicted octanol–water partition coefficient (Wildman–Crippen LogP) is 1.76. The minimum atomic E-state index is 0.0257. The van der Waals surface area contributed by atoms with Gasteiger partial charge in [-0.25, -0.2) is 0 Å². The van der Waals surface area contributed by atoms with Gasteiger partial charge in [-0.2, -0.15) is 4.52 Å². The number of hydrogen-bond donors (Lipinski definition) is 1. The highest BCUT2D eigenvalue weighted by Gasteiger charge is 2.29. The highest BCUT2D eigenvalue weighted by atomic mass is 16.2. The van der Waals surface area contributed by atoms with E-state index in [1.54, 1.807) is 0 Å². The lowest BCUT2D eigenvalue weighted by Gasteiger charge is -2.34. The van der Waals surface area contributed by atoms with Crippen LogP contribution in [0.3, 0.4) is 0 Å². The molecule has 144 valence electrons. The number of amides is 1. The Bertz CT molecular complexity index is 975. The topological polar surface area (TPSA) is 78.7 Å². The van der Waals surface area contributed by atoms with Crippen molar-refractivity contribution in [3.8, 4) is 0 Å². The van der Waals surface area contributed by atoms with Crippen molar-refractivity contribution in [3.05, 3.63) is 48.3 Å². The molecule has 1 saturated heterocycles. The third-order valence-electron chi connectivity index (χ3n) is 5.34. The van der Waals surface area contributed by atoms with Crippen LogP contribution in [0.25, 0.3) is 5.65 Å². The highest BCUT2D eigenvalue weighted by Crippen LogP contribution is 2.38. The summed E-state index contributed by atoms with van der Waals surface area (Å²) in [5.41, 5.74) is 1.64. The molecule has 0 bridgehead atoms. The van der Waals surface area contributed by atoms with Crippen LogP contribution in [0, 0.1) is 0 Å². The number of fused-ring (bicyclic) bond motifs is 1. The normalized spacial score (nSPS) is 17.8. The number of benzene rings is 1. The van der Waals surface area contributed by atoms with Gasteiger partial charge in [-0.15, -0.1) is 15.3 Å². The van der Waals surface area contributed by atoms with Gasteiger partial charge in [0.25, 0.3) is 0 Å². The van der Waals surface area contributed by atoms with E-state index < -0.39 is 0 Å². The zero-order valence-corrected chi connectivity index (χ0v) is 15.7. The van der Waals surface area contributed by atoms with Crippen molar-refractivity contribution in [2.45, 2.75) is 18.8 Å². The quantitative estimate of drug-likeness (QED) is 0.730. The van der Waals surface area contributed by atoms with E-state index in [1.807, 2.05) is 47.0 Å². The largest absolute Gasteiger partial charge is 0.353 e. The van der Waals surface area contributed by atoms with E-state index >= 15 is 0 Å². The molecule has 28 heavy (non-hydrogen) atoms. The molecule has 2 aliphatic rings. The van der Waals surface area contributed by atoms with Crippen molar-refractivity contribution in [1.29, 1.82) is 0 Å². The number of anilines is 2. The average molecular weight is 377 g/mol. The Hall–Kier alpha value is -3.00.